The van der Waals surface area contributed by atoms with E-state index in [4.69, 9.17) is 27.9 Å². The van der Waals surface area contributed by atoms with E-state index in [1.54, 1.807) is 12.1 Å². The topological polar surface area (TPSA) is 79.8 Å². The summed E-state index contributed by atoms with van der Waals surface area (Å²) in [6.45, 7) is 0.488. The number of carbonyl (C=O) groups is 2. The Labute approximate surface area is 196 Å². The smallest absolute Gasteiger partial charge is 0.240 e. The highest BCUT2D eigenvalue weighted by Gasteiger charge is 2.09. The van der Waals surface area contributed by atoms with Gasteiger partial charge in [0.15, 0.2) is 0 Å². The molecule has 0 aliphatic heterocycles. The molecule has 0 atom stereocenters. The molecule has 0 bridgehead atoms. The highest BCUT2D eigenvalue weighted by atomic mass is 35.5. The van der Waals surface area contributed by atoms with Crippen molar-refractivity contribution in [3.8, 4) is 5.75 Å². The fourth-order valence-electron chi connectivity index (χ4n) is 2.66. The Morgan fingerprint density at radius 2 is 1.62 bits per heavy atom. The lowest BCUT2D eigenvalue weighted by molar-refractivity contribution is -0.124. The summed E-state index contributed by atoms with van der Waals surface area (Å²) in [5.41, 5.74) is 4.73. The minimum Gasteiger partial charge on any atom is -0.489 e. The predicted molar refractivity (Wildman–Crippen MR) is 127 cm³/mol. The fraction of sp³-hybridized carbons (Fsp3) is 0.125. The van der Waals surface area contributed by atoms with Gasteiger partial charge >= 0.3 is 0 Å². The molecule has 6 nitrogen and oxygen atoms in total. The summed E-state index contributed by atoms with van der Waals surface area (Å²) in [5.74, 6) is 0.0303. The molecule has 0 aromatic heterocycles. The van der Waals surface area contributed by atoms with Crippen LogP contribution in [0.1, 0.15) is 24.0 Å². The molecular formula is C24H21Cl2N3O3. The van der Waals surface area contributed by atoms with Gasteiger partial charge in [-0.3, -0.25) is 9.59 Å². The van der Waals surface area contributed by atoms with E-state index >= 15 is 0 Å². The first kappa shape index (κ1) is 23.3. The van der Waals surface area contributed by atoms with Gasteiger partial charge in [0.2, 0.25) is 11.8 Å². The summed E-state index contributed by atoms with van der Waals surface area (Å²) in [6, 6.07) is 22.0. The molecule has 3 aromatic carbocycles. The van der Waals surface area contributed by atoms with Crippen molar-refractivity contribution in [2.24, 2.45) is 5.10 Å². The maximum atomic E-state index is 12.0. The molecule has 0 aliphatic rings. The molecule has 0 spiro atoms. The lowest BCUT2D eigenvalue weighted by atomic mass is 10.2. The predicted octanol–water partition coefficient (Wildman–Crippen LogP) is 5.44. The van der Waals surface area contributed by atoms with Crippen molar-refractivity contribution in [1.29, 1.82) is 0 Å². The van der Waals surface area contributed by atoms with E-state index in [2.05, 4.69) is 15.8 Å². The number of rotatable bonds is 9. The van der Waals surface area contributed by atoms with Gasteiger partial charge in [0.25, 0.3) is 0 Å². The van der Waals surface area contributed by atoms with Gasteiger partial charge in [-0.25, -0.2) is 5.43 Å². The number of anilines is 1. The minimum atomic E-state index is -0.374. The summed E-state index contributed by atoms with van der Waals surface area (Å²) in [4.78, 5) is 23.9. The highest BCUT2D eigenvalue weighted by Crippen LogP contribution is 2.25. The molecule has 8 heteroatoms. The lowest BCUT2D eigenvalue weighted by Gasteiger charge is -2.07. The monoisotopic (exact) mass is 469 g/mol. The van der Waals surface area contributed by atoms with Crippen LogP contribution in [0.2, 0.25) is 10.0 Å². The number of carbonyl (C=O) groups excluding carboxylic acids is 2. The average Bonchev–Trinajstić information content (AvgIpc) is 2.80. The van der Waals surface area contributed by atoms with Gasteiger partial charge in [-0.05, 0) is 53.6 Å². The number of benzene rings is 3. The third-order valence-corrected chi connectivity index (χ3v) is 4.86. The Morgan fingerprint density at radius 1 is 0.906 bits per heavy atom. The van der Waals surface area contributed by atoms with Crippen LogP contribution in [0.15, 0.2) is 77.9 Å². The number of hydrogen-bond acceptors (Lipinski definition) is 4. The van der Waals surface area contributed by atoms with E-state index in [0.717, 1.165) is 16.9 Å². The Hall–Kier alpha value is -3.35. The Bertz CT molecular complexity index is 1090. The van der Waals surface area contributed by atoms with Crippen molar-refractivity contribution in [2.75, 3.05) is 5.32 Å². The fourth-order valence-corrected chi connectivity index (χ4v) is 3.11. The summed E-state index contributed by atoms with van der Waals surface area (Å²) >= 11 is 11.8. The Kier molecular flexibility index (Phi) is 8.66. The Morgan fingerprint density at radius 3 is 2.34 bits per heavy atom. The molecule has 164 valence electrons. The van der Waals surface area contributed by atoms with Gasteiger partial charge in [0, 0.05) is 17.9 Å². The van der Waals surface area contributed by atoms with E-state index in [1.165, 1.54) is 12.3 Å². The van der Waals surface area contributed by atoms with Crippen LogP contribution >= 0.6 is 23.2 Å². The molecule has 32 heavy (non-hydrogen) atoms. The molecule has 3 rings (SSSR count). The first-order valence-electron chi connectivity index (χ1n) is 9.83. The van der Waals surface area contributed by atoms with Crippen LogP contribution in [-0.4, -0.2) is 18.0 Å². The number of hydrazone groups is 1. The van der Waals surface area contributed by atoms with Crippen molar-refractivity contribution in [3.05, 3.63) is 94.0 Å². The number of ether oxygens (including phenoxy) is 1. The minimum absolute atomic E-state index is 0.00619. The van der Waals surface area contributed by atoms with Crippen LogP contribution in [0, 0.1) is 0 Å². The van der Waals surface area contributed by atoms with E-state index in [-0.39, 0.29) is 24.7 Å². The van der Waals surface area contributed by atoms with E-state index in [1.807, 2.05) is 54.6 Å². The van der Waals surface area contributed by atoms with Gasteiger partial charge in [-0.2, -0.15) is 5.10 Å². The molecule has 2 amide bonds. The van der Waals surface area contributed by atoms with Gasteiger partial charge < -0.3 is 10.1 Å². The first-order chi connectivity index (χ1) is 15.5. The molecule has 2 N–H and O–H groups in total. The lowest BCUT2D eigenvalue weighted by Crippen LogP contribution is -2.20. The SMILES string of the molecule is O=C(CCC(=O)Nc1ccc(Cl)cc1Cl)N/N=C/c1ccc(OCc2ccccc2)cc1. The van der Waals surface area contributed by atoms with Crippen molar-refractivity contribution >= 4 is 46.9 Å². The van der Waals surface area contributed by atoms with E-state index in [0.29, 0.717) is 22.3 Å². The van der Waals surface area contributed by atoms with Gasteiger partial charge in [0.05, 0.1) is 16.9 Å². The first-order valence-corrected chi connectivity index (χ1v) is 10.6. The number of nitrogens with one attached hydrogen (secondary N) is 2. The largest absolute Gasteiger partial charge is 0.489 e. The van der Waals surface area contributed by atoms with E-state index in [9.17, 15) is 9.59 Å². The van der Waals surface area contributed by atoms with Crippen LogP contribution in [0.4, 0.5) is 5.69 Å². The molecule has 0 saturated heterocycles. The normalized spacial score (nSPS) is 10.7. The summed E-state index contributed by atoms with van der Waals surface area (Å²) in [5, 5.41) is 7.36. The van der Waals surface area contributed by atoms with Crippen molar-refractivity contribution in [1.82, 2.24) is 5.43 Å². The van der Waals surface area contributed by atoms with Crippen molar-refractivity contribution < 1.29 is 14.3 Å². The Balaban J connectivity index is 1.38. The second kappa shape index (κ2) is 11.9. The third-order valence-electron chi connectivity index (χ3n) is 4.32. The zero-order valence-electron chi connectivity index (χ0n) is 17.1. The van der Waals surface area contributed by atoms with Crippen LogP contribution < -0.4 is 15.5 Å². The average molecular weight is 470 g/mol. The quantitative estimate of drug-likeness (QED) is 0.323. The molecule has 0 aliphatic carbocycles. The van der Waals surface area contributed by atoms with Crippen LogP contribution in [0.3, 0.4) is 0 Å². The second-order valence-electron chi connectivity index (χ2n) is 6.81. The summed E-state index contributed by atoms with van der Waals surface area (Å²) in [6.07, 6.45) is 1.50. The molecule has 0 radical (unpaired) electrons. The number of nitrogens with zero attached hydrogens (tertiary/aromatic N) is 1. The van der Waals surface area contributed by atoms with Gasteiger partial charge in [-0.15, -0.1) is 0 Å². The zero-order chi connectivity index (χ0) is 22.8. The van der Waals surface area contributed by atoms with Crippen molar-refractivity contribution in [3.63, 3.8) is 0 Å². The zero-order valence-corrected chi connectivity index (χ0v) is 18.6. The molecule has 3 aromatic rings. The second-order valence-corrected chi connectivity index (χ2v) is 7.65. The van der Waals surface area contributed by atoms with Crippen LogP contribution in [-0.2, 0) is 16.2 Å². The van der Waals surface area contributed by atoms with Crippen LogP contribution in [0.5, 0.6) is 5.75 Å². The number of hydrogen-bond donors (Lipinski definition) is 2. The summed E-state index contributed by atoms with van der Waals surface area (Å²) < 4.78 is 5.73. The summed E-state index contributed by atoms with van der Waals surface area (Å²) in [7, 11) is 0. The van der Waals surface area contributed by atoms with Gasteiger partial charge in [0.1, 0.15) is 12.4 Å². The number of halogens is 2. The molecule has 0 heterocycles. The third kappa shape index (κ3) is 7.72. The van der Waals surface area contributed by atoms with E-state index < -0.39 is 0 Å². The maximum absolute atomic E-state index is 12.0. The van der Waals surface area contributed by atoms with Gasteiger partial charge in [-0.1, -0.05) is 53.5 Å². The van der Waals surface area contributed by atoms with Crippen LogP contribution in [0.25, 0.3) is 0 Å². The number of amides is 2. The molecule has 0 saturated carbocycles. The molecule has 0 unspecified atom stereocenters. The highest BCUT2D eigenvalue weighted by molar-refractivity contribution is 6.36. The molecular weight excluding hydrogens is 449 g/mol. The standard InChI is InChI=1S/C24H21Cl2N3O3/c25-19-8-11-22(21(26)14-19)28-23(30)12-13-24(31)29-27-15-17-6-9-20(10-7-17)32-16-18-4-2-1-3-5-18/h1-11,14-15H,12-13,16H2,(H,28,30)(H,29,31)/b27-15+. The van der Waals surface area contributed by atoms with Crippen molar-refractivity contribution in [2.45, 2.75) is 19.4 Å². The maximum Gasteiger partial charge on any atom is 0.240 e. The molecule has 0 fully saturated rings.